The van der Waals surface area contributed by atoms with Crippen molar-refractivity contribution in [1.29, 1.82) is 0 Å². The van der Waals surface area contributed by atoms with E-state index in [4.69, 9.17) is 4.74 Å². The fourth-order valence-electron chi connectivity index (χ4n) is 3.34. The Bertz CT molecular complexity index is 1380. The smallest absolute Gasteiger partial charge is 0.434 e. The summed E-state index contributed by atoms with van der Waals surface area (Å²) in [5.74, 6) is -0.465. The van der Waals surface area contributed by atoms with Crippen molar-refractivity contribution in [3.05, 3.63) is 77.4 Å². The molecular weight excluding hydrogens is 465 g/mol. The molecule has 4 aromatic rings. The van der Waals surface area contributed by atoms with Crippen molar-refractivity contribution in [3.8, 4) is 17.1 Å². The molecule has 0 aliphatic carbocycles. The molecule has 0 spiro atoms. The second-order valence-corrected chi connectivity index (χ2v) is 7.36. The SMILES string of the molecule is CCOC(=O)c1cnn(-c2ccc(C(=O)Nc3cccc(-c4n[nH]c(C)n4)c3)cc2)c1C(F)(F)F. The summed E-state index contributed by atoms with van der Waals surface area (Å²) in [5, 5.41) is 13.3. The van der Waals surface area contributed by atoms with Crippen LogP contribution < -0.4 is 5.32 Å². The number of ether oxygens (including phenoxy) is 1. The zero-order valence-corrected chi connectivity index (χ0v) is 18.6. The van der Waals surface area contributed by atoms with E-state index >= 15 is 0 Å². The monoisotopic (exact) mass is 484 g/mol. The molecule has 180 valence electrons. The second kappa shape index (κ2) is 9.41. The van der Waals surface area contributed by atoms with Crippen LogP contribution in [0.3, 0.4) is 0 Å². The van der Waals surface area contributed by atoms with Crippen LogP contribution in [0.15, 0.2) is 54.7 Å². The lowest BCUT2D eigenvalue weighted by Gasteiger charge is -2.13. The zero-order chi connectivity index (χ0) is 25.2. The number of halogens is 3. The summed E-state index contributed by atoms with van der Waals surface area (Å²) < 4.78 is 46.4. The van der Waals surface area contributed by atoms with Crippen LogP contribution in [0, 0.1) is 6.92 Å². The highest BCUT2D eigenvalue weighted by Crippen LogP contribution is 2.34. The van der Waals surface area contributed by atoms with Crippen molar-refractivity contribution in [1.82, 2.24) is 25.0 Å². The summed E-state index contributed by atoms with van der Waals surface area (Å²) >= 11 is 0. The van der Waals surface area contributed by atoms with Crippen molar-refractivity contribution >= 4 is 17.6 Å². The van der Waals surface area contributed by atoms with E-state index in [1.807, 2.05) is 0 Å². The van der Waals surface area contributed by atoms with Gasteiger partial charge < -0.3 is 10.1 Å². The minimum atomic E-state index is -4.86. The predicted octanol–water partition coefficient (Wildman–Crippen LogP) is 4.41. The van der Waals surface area contributed by atoms with Gasteiger partial charge in [-0.15, -0.1) is 0 Å². The number of alkyl halides is 3. The number of nitrogens with zero attached hydrogens (tertiary/aromatic N) is 4. The summed E-state index contributed by atoms with van der Waals surface area (Å²) in [4.78, 5) is 28.9. The van der Waals surface area contributed by atoms with Gasteiger partial charge in [0.15, 0.2) is 11.5 Å². The highest BCUT2D eigenvalue weighted by atomic mass is 19.4. The first kappa shape index (κ1) is 23.7. The average Bonchev–Trinajstić information content (AvgIpc) is 3.46. The Kier molecular flexibility index (Phi) is 6.36. The number of nitrogens with one attached hydrogen (secondary N) is 2. The Morgan fingerprint density at radius 3 is 2.51 bits per heavy atom. The van der Waals surface area contributed by atoms with Gasteiger partial charge in [0, 0.05) is 16.8 Å². The fourth-order valence-corrected chi connectivity index (χ4v) is 3.34. The van der Waals surface area contributed by atoms with Crippen molar-refractivity contribution in [2.24, 2.45) is 0 Å². The molecule has 4 rings (SSSR count). The van der Waals surface area contributed by atoms with Gasteiger partial charge in [0.25, 0.3) is 5.91 Å². The molecular formula is C23H19F3N6O3. The largest absolute Gasteiger partial charge is 0.462 e. The minimum Gasteiger partial charge on any atom is -0.462 e. The number of esters is 1. The van der Waals surface area contributed by atoms with Gasteiger partial charge in [0.1, 0.15) is 11.4 Å². The number of aromatic amines is 1. The maximum absolute atomic E-state index is 13.7. The van der Waals surface area contributed by atoms with Crippen LogP contribution in [0.4, 0.5) is 18.9 Å². The van der Waals surface area contributed by atoms with Crippen LogP contribution in [-0.2, 0) is 10.9 Å². The molecule has 0 fully saturated rings. The molecule has 2 heterocycles. The topological polar surface area (TPSA) is 115 Å². The number of carbonyl (C=O) groups is 2. The lowest BCUT2D eigenvalue weighted by atomic mass is 10.1. The molecule has 1 amide bonds. The Hall–Kier alpha value is -4.48. The van der Waals surface area contributed by atoms with Crippen LogP contribution in [-0.4, -0.2) is 43.4 Å². The lowest BCUT2D eigenvalue weighted by molar-refractivity contribution is -0.143. The normalized spacial score (nSPS) is 11.3. The van der Waals surface area contributed by atoms with Crippen LogP contribution in [0.1, 0.15) is 39.2 Å². The number of carbonyl (C=O) groups excluding carboxylic acids is 2. The van der Waals surface area contributed by atoms with E-state index in [0.29, 0.717) is 27.6 Å². The fraction of sp³-hybridized carbons (Fsp3) is 0.174. The zero-order valence-electron chi connectivity index (χ0n) is 18.6. The number of hydrogen-bond acceptors (Lipinski definition) is 6. The lowest BCUT2D eigenvalue weighted by Crippen LogP contribution is -2.18. The van der Waals surface area contributed by atoms with Crippen molar-refractivity contribution in [3.63, 3.8) is 0 Å². The van der Waals surface area contributed by atoms with E-state index < -0.39 is 29.3 Å². The number of aryl methyl sites for hydroxylation is 1. The number of hydrogen-bond donors (Lipinski definition) is 2. The standard InChI is InChI=1S/C23H19F3N6O3/c1-3-35-22(34)18-12-27-32(19(18)23(24,25)26)17-9-7-14(8-10-17)21(33)29-16-6-4-5-15(11-16)20-28-13(2)30-31-20/h4-12H,3H2,1-2H3,(H,29,33)(H,28,30,31). The number of rotatable bonds is 6. The highest BCUT2D eigenvalue weighted by Gasteiger charge is 2.41. The van der Waals surface area contributed by atoms with Crippen LogP contribution in [0.5, 0.6) is 0 Å². The van der Waals surface area contributed by atoms with E-state index in [0.717, 1.165) is 6.20 Å². The van der Waals surface area contributed by atoms with Crippen molar-refractivity contribution in [2.75, 3.05) is 11.9 Å². The molecule has 9 nitrogen and oxygen atoms in total. The van der Waals surface area contributed by atoms with E-state index in [9.17, 15) is 22.8 Å². The second-order valence-electron chi connectivity index (χ2n) is 7.36. The van der Waals surface area contributed by atoms with Crippen molar-refractivity contribution < 1.29 is 27.5 Å². The molecule has 0 radical (unpaired) electrons. The molecule has 0 unspecified atom stereocenters. The molecule has 2 aromatic carbocycles. The van der Waals surface area contributed by atoms with E-state index in [-0.39, 0.29) is 17.9 Å². The van der Waals surface area contributed by atoms with Crippen LogP contribution in [0.25, 0.3) is 17.1 Å². The average molecular weight is 484 g/mol. The quantitative estimate of drug-likeness (QED) is 0.392. The van der Waals surface area contributed by atoms with Gasteiger partial charge in [-0.05, 0) is 50.2 Å². The predicted molar refractivity (Wildman–Crippen MR) is 119 cm³/mol. The number of anilines is 1. The number of aromatic nitrogens is 5. The summed E-state index contributed by atoms with van der Waals surface area (Å²) in [6, 6.07) is 12.2. The minimum absolute atomic E-state index is 0.0198. The van der Waals surface area contributed by atoms with Crippen LogP contribution in [0.2, 0.25) is 0 Å². The van der Waals surface area contributed by atoms with E-state index in [2.05, 4.69) is 25.6 Å². The van der Waals surface area contributed by atoms with E-state index in [1.54, 1.807) is 31.2 Å². The molecule has 0 saturated carbocycles. The Morgan fingerprint density at radius 2 is 1.89 bits per heavy atom. The van der Waals surface area contributed by atoms with Gasteiger partial charge in [-0.1, -0.05) is 12.1 Å². The number of amides is 1. The maximum atomic E-state index is 13.7. The van der Waals surface area contributed by atoms with Gasteiger partial charge in [0.05, 0.1) is 18.5 Å². The molecule has 0 aliphatic heterocycles. The summed E-state index contributed by atoms with van der Waals surface area (Å²) in [6.07, 6.45) is -4.05. The molecule has 35 heavy (non-hydrogen) atoms. The molecule has 0 bridgehead atoms. The third-order valence-electron chi connectivity index (χ3n) is 4.88. The first-order valence-electron chi connectivity index (χ1n) is 10.4. The van der Waals surface area contributed by atoms with Gasteiger partial charge >= 0.3 is 12.1 Å². The number of H-pyrrole nitrogens is 1. The third kappa shape index (κ3) is 5.05. The Balaban J connectivity index is 1.56. The summed E-state index contributed by atoms with van der Waals surface area (Å²) in [7, 11) is 0. The van der Waals surface area contributed by atoms with Crippen LogP contribution >= 0.6 is 0 Å². The molecule has 0 saturated heterocycles. The maximum Gasteiger partial charge on any atom is 0.434 e. The molecule has 0 atom stereocenters. The molecule has 2 N–H and O–H groups in total. The molecule has 12 heteroatoms. The first-order chi connectivity index (χ1) is 16.7. The first-order valence-corrected chi connectivity index (χ1v) is 10.4. The Morgan fingerprint density at radius 1 is 1.14 bits per heavy atom. The number of benzene rings is 2. The summed E-state index contributed by atoms with van der Waals surface area (Å²) in [6.45, 7) is 3.18. The van der Waals surface area contributed by atoms with Gasteiger partial charge in [-0.25, -0.2) is 14.5 Å². The van der Waals surface area contributed by atoms with Crippen molar-refractivity contribution in [2.45, 2.75) is 20.0 Å². The van der Waals surface area contributed by atoms with Gasteiger partial charge in [-0.3, -0.25) is 9.89 Å². The summed E-state index contributed by atoms with van der Waals surface area (Å²) in [5.41, 5.74) is -0.539. The highest BCUT2D eigenvalue weighted by molar-refractivity contribution is 6.04. The third-order valence-corrected chi connectivity index (χ3v) is 4.88. The van der Waals surface area contributed by atoms with Gasteiger partial charge in [-0.2, -0.15) is 23.4 Å². The van der Waals surface area contributed by atoms with Gasteiger partial charge in [0.2, 0.25) is 0 Å². The molecule has 2 aromatic heterocycles. The molecule has 0 aliphatic rings. The van der Waals surface area contributed by atoms with E-state index in [1.165, 1.54) is 31.2 Å². The Labute approximate surface area is 196 Å².